The molecule has 18 nitrogen and oxygen atoms in total. The van der Waals surface area contributed by atoms with E-state index in [1.165, 1.54) is 14.1 Å². The molecule has 3 aliphatic rings. The topological polar surface area (TPSA) is 215 Å². The predicted molar refractivity (Wildman–Crippen MR) is 197 cm³/mol. The van der Waals surface area contributed by atoms with Crippen LogP contribution in [0.4, 0.5) is 11.4 Å². The maximum atomic E-state index is 13.3. The van der Waals surface area contributed by atoms with Crippen molar-refractivity contribution in [1.29, 1.82) is 0 Å². The molecule has 284 valence electrons. The molecule has 4 aromatic rings. The molecule has 0 aliphatic carbocycles. The minimum absolute atomic E-state index is 0.0409. The molecule has 55 heavy (non-hydrogen) atoms. The Balaban J connectivity index is 0.958. The Kier molecular flexibility index (Phi) is 9.48. The lowest BCUT2D eigenvalue weighted by Crippen LogP contribution is -2.54. The number of rotatable bonds is 7. The molecule has 5 amide bonds. The third kappa shape index (κ3) is 6.92. The van der Waals surface area contributed by atoms with Gasteiger partial charge in [0.15, 0.2) is 11.2 Å². The zero-order valence-electron chi connectivity index (χ0n) is 30.0. The van der Waals surface area contributed by atoms with Crippen molar-refractivity contribution in [1.82, 2.24) is 33.8 Å². The first-order valence-corrected chi connectivity index (χ1v) is 19.1. The highest BCUT2D eigenvalue weighted by molar-refractivity contribution is 7.90. The summed E-state index contributed by atoms with van der Waals surface area (Å²) in [6, 6.07) is 10.8. The number of nitrogens with one attached hydrogen (secondary N) is 2. The van der Waals surface area contributed by atoms with E-state index < -0.39 is 50.8 Å². The average Bonchev–Trinajstić information content (AvgIpc) is 3.62. The Bertz CT molecular complexity index is 2640. The number of anilines is 2. The molecule has 0 saturated carbocycles. The molecule has 2 aromatic heterocycles. The largest absolute Gasteiger partial charge is 0.369 e. The Morgan fingerprint density at radius 1 is 0.945 bits per heavy atom. The molecule has 1 unspecified atom stereocenters. The summed E-state index contributed by atoms with van der Waals surface area (Å²) < 4.78 is 27.6. The summed E-state index contributed by atoms with van der Waals surface area (Å²) in [4.78, 5) is 98.1. The molecule has 2 aromatic carbocycles. The van der Waals surface area contributed by atoms with Crippen LogP contribution < -0.4 is 26.8 Å². The molecule has 19 heteroatoms. The minimum Gasteiger partial charge on any atom is -0.369 e. The van der Waals surface area contributed by atoms with E-state index in [0.29, 0.717) is 37.4 Å². The lowest BCUT2D eigenvalue weighted by Gasteiger charge is -2.35. The van der Waals surface area contributed by atoms with Gasteiger partial charge < -0.3 is 14.8 Å². The van der Waals surface area contributed by atoms with Crippen LogP contribution in [0.3, 0.4) is 0 Å². The fourth-order valence-corrected chi connectivity index (χ4v) is 7.84. The second-order valence-electron chi connectivity index (χ2n) is 13.5. The first-order valence-electron chi connectivity index (χ1n) is 17.2. The number of carbonyl (C=O) groups excluding carboxylic acids is 5. The van der Waals surface area contributed by atoms with E-state index in [4.69, 9.17) is 0 Å². The van der Waals surface area contributed by atoms with Crippen molar-refractivity contribution in [2.45, 2.75) is 30.6 Å². The predicted octanol–water partition coefficient (Wildman–Crippen LogP) is -0.949. The molecule has 5 heterocycles. The maximum Gasteiger partial charge on any atom is 0.333 e. The van der Waals surface area contributed by atoms with Crippen LogP contribution in [0.25, 0.3) is 11.2 Å². The monoisotopic (exact) mass is 769 g/mol. The molecule has 0 radical (unpaired) electrons. The quantitative estimate of drug-likeness (QED) is 0.172. The number of imide groups is 2. The summed E-state index contributed by atoms with van der Waals surface area (Å²) in [5.41, 5.74) is 0.654. The zero-order chi connectivity index (χ0) is 39.3. The van der Waals surface area contributed by atoms with E-state index in [0.717, 1.165) is 30.5 Å². The Morgan fingerprint density at radius 3 is 2.38 bits per heavy atom. The van der Waals surface area contributed by atoms with Crippen LogP contribution >= 0.6 is 0 Å². The van der Waals surface area contributed by atoms with E-state index in [-0.39, 0.29) is 59.3 Å². The van der Waals surface area contributed by atoms with Crippen LogP contribution in [0.1, 0.15) is 39.1 Å². The van der Waals surface area contributed by atoms with Crippen LogP contribution in [0.2, 0.25) is 0 Å². The van der Waals surface area contributed by atoms with Gasteiger partial charge in [0.2, 0.25) is 32.7 Å². The Labute approximate surface area is 313 Å². The summed E-state index contributed by atoms with van der Waals surface area (Å²) >= 11 is 0. The average molecular weight is 770 g/mol. The van der Waals surface area contributed by atoms with Gasteiger partial charge in [0.1, 0.15) is 6.04 Å². The summed E-state index contributed by atoms with van der Waals surface area (Å²) in [6.45, 7) is 2.13. The summed E-state index contributed by atoms with van der Waals surface area (Å²) in [5.74, 6) is 3.33. The number of aryl methyl sites for hydroxylation is 1. The van der Waals surface area contributed by atoms with Crippen LogP contribution in [-0.2, 0) is 44.9 Å². The lowest BCUT2D eigenvalue weighted by atomic mass is 10.0. The Morgan fingerprint density at radius 2 is 1.67 bits per heavy atom. The summed E-state index contributed by atoms with van der Waals surface area (Å²) in [6.07, 6.45) is 1.08. The molecule has 7 rings (SSSR count). The van der Waals surface area contributed by atoms with Gasteiger partial charge in [-0.3, -0.25) is 53.0 Å². The van der Waals surface area contributed by atoms with E-state index in [2.05, 4.69) is 32.4 Å². The summed E-state index contributed by atoms with van der Waals surface area (Å²) in [7, 11) is -1.12. The van der Waals surface area contributed by atoms with Gasteiger partial charge in [-0.15, -0.1) is 0 Å². The number of fused-ring (bicyclic) bond motifs is 2. The van der Waals surface area contributed by atoms with Crippen LogP contribution in [-0.4, -0.2) is 111 Å². The molecule has 3 aliphatic heterocycles. The van der Waals surface area contributed by atoms with E-state index >= 15 is 0 Å². The fraction of sp³-hybridized carbons (Fsp3) is 0.333. The number of piperidine rings is 1. The van der Waals surface area contributed by atoms with Crippen LogP contribution in [0.15, 0.2) is 57.2 Å². The molecule has 2 N–H and O–H groups in total. The van der Waals surface area contributed by atoms with E-state index in [1.54, 1.807) is 42.5 Å². The van der Waals surface area contributed by atoms with E-state index in [1.807, 2.05) is 4.90 Å². The van der Waals surface area contributed by atoms with Gasteiger partial charge in [-0.05, 0) is 42.8 Å². The number of hydrogen-bond acceptors (Lipinski definition) is 12. The van der Waals surface area contributed by atoms with Gasteiger partial charge in [0.25, 0.3) is 17.4 Å². The molecule has 0 spiro atoms. The van der Waals surface area contributed by atoms with Gasteiger partial charge in [-0.25, -0.2) is 13.2 Å². The number of benzene rings is 2. The third-order valence-corrected chi connectivity index (χ3v) is 10.8. The fourth-order valence-electron chi connectivity index (χ4n) is 7.00. The number of hydrogen-bond donors (Lipinski definition) is 2. The number of carbonyl (C=O) groups is 5. The lowest BCUT2D eigenvalue weighted by molar-refractivity contribution is -0.136. The molecule has 1 atom stereocenters. The van der Waals surface area contributed by atoms with E-state index in [9.17, 15) is 42.0 Å². The van der Waals surface area contributed by atoms with Gasteiger partial charge in [-0.1, -0.05) is 17.9 Å². The normalized spacial score (nSPS) is 17.6. The van der Waals surface area contributed by atoms with Crippen molar-refractivity contribution in [3.63, 3.8) is 0 Å². The number of sulfone groups is 1. The highest BCUT2D eigenvalue weighted by Gasteiger charge is 2.44. The maximum absolute atomic E-state index is 13.3. The number of imidazole rings is 1. The van der Waals surface area contributed by atoms with Crippen LogP contribution in [0, 0.1) is 11.8 Å². The Hall–Kier alpha value is -6.39. The highest BCUT2D eigenvalue weighted by atomic mass is 32.2. The number of piperazine rings is 1. The minimum atomic E-state index is -3.79. The molecular formula is C36H35N9O9S. The first-order chi connectivity index (χ1) is 26.1. The zero-order valence-corrected chi connectivity index (χ0v) is 30.8. The van der Waals surface area contributed by atoms with Crippen molar-refractivity contribution in [3.8, 4) is 11.8 Å². The van der Waals surface area contributed by atoms with Crippen LogP contribution in [0.5, 0.6) is 0 Å². The number of amides is 5. The second kappa shape index (κ2) is 14.1. The van der Waals surface area contributed by atoms with Crippen molar-refractivity contribution < 1.29 is 32.4 Å². The van der Waals surface area contributed by atoms with Gasteiger partial charge in [0, 0.05) is 69.9 Å². The number of aromatic nitrogens is 4. The van der Waals surface area contributed by atoms with Gasteiger partial charge in [0.05, 0.1) is 24.2 Å². The van der Waals surface area contributed by atoms with Crippen molar-refractivity contribution in [3.05, 3.63) is 80.0 Å². The van der Waals surface area contributed by atoms with Crippen molar-refractivity contribution in [2.24, 2.45) is 14.1 Å². The summed E-state index contributed by atoms with van der Waals surface area (Å²) in [5, 5.41) is 4.72. The molecule has 2 fully saturated rings. The highest BCUT2D eigenvalue weighted by Crippen LogP contribution is 2.31. The second-order valence-corrected chi connectivity index (χ2v) is 15.4. The van der Waals surface area contributed by atoms with Crippen molar-refractivity contribution in [2.75, 3.05) is 49.2 Å². The molecule has 0 bridgehead atoms. The molecule has 2 saturated heterocycles. The number of nitrogens with zero attached hydrogens (tertiary/aromatic N) is 7. The molecular weight excluding hydrogens is 735 g/mol. The van der Waals surface area contributed by atoms with Gasteiger partial charge >= 0.3 is 5.69 Å². The SMILES string of the molecule is Cn1c(=O)c2c(nc(S(C)(=O)=O)n2C)n(CC#Cc2cccc(NC(=O)CN3CCN(c4ccc5c(c4)C(=O)N(C4CCC(=O)NC4=O)C5=O)CC3)c2)c1=O. The van der Waals surface area contributed by atoms with Crippen molar-refractivity contribution >= 4 is 61.9 Å². The first kappa shape index (κ1) is 36.9. The third-order valence-electron chi connectivity index (χ3n) is 9.79. The smallest absolute Gasteiger partial charge is 0.333 e. The van der Waals surface area contributed by atoms with Gasteiger partial charge in [-0.2, -0.15) is 4.98 Å². The standard InChI is InChI=1S/C36H35N9O9S/c1-40-29-30(39-35(40)55(3,53)54)44(36(52)41(2)34(29)51)13-5-7-21-6-4-8-22(18-21)37-28(47)20-42-14-16-43(17-15-42)23-9-10-24-25(19-23)33(50)45(32(24)49)26-11-12-27(46)38-31(26)48/h4,6,8-10,18-19,26H,11-17,20H2,1-3H3,(H,37,47)(H,38,46,48).